The van der Waals surface area contributed by atoms with Gasteiger partial charge in [0.1, 0.15) is 22.7 Å². The van der Waals surface area contributed by atoms with Gasteiger partial charge in [0.15, 0.2) is 0 Å². The zero-order valence-electron chi connectivity index (χ0n) is 13.3. The van der Waals surface area contributed by atoms with E-state index in [-0.39, 0.29) is 0 Å². The van der Waals surface area contributed by atoms with Gasteiger partial charge < -0.3 is 19.7 Å². The summed E-state index contributed by atoms with van der Waals surface area (Å²) in [6.07, 6.45) is 0. The second-order valence-electron chi connectivity index (χ2n) is 5.60. The Bertz CT molecular complexity index is 555. The minimum absolute atomic E-state index is 0.606. The zero-order chi connectivity index (χ0) is 16.4. The largest absolute Gasteiger partial charge is 0.497 e. The third kappa shape index (κ3) is 2.80. The molecule has 2 aromatic carbocycles. The first kappa shape index (κ1) is 16.3. The summed E-state index contributed by atoms with van der Waals surface area (Å²) < 4.78 is 10.2. The summed E-state index contributed by atoms with van der Waals surface area (Å²) in [5.41, 5.74) is -1.72. The zero-order valence-corrected chi connectivity index (χ0v) is 13.3. The van der Waals surface area contributed by atoms with Crippen LogP contribution in [0.2, 0.25) is 0 Å². The average molecular weight is 302 g/mol. The van der Waals surface area contributed by atoms with Crippen molar-refractivity contribution in [2.75, 3.05) is 14.2 Å². The van der Waals surface area contributed by atoms with Gasteiger partial charge in [0.25, 0.3) is 0 Å². The Morgan fingerprint density at radius 3 is 1.14 bits per heavy atom. The van der Waals surface area contributed by atoms with Crippen molar-refractivity contribution in [1.82, 2.24) is 0 Å². The van der Waals surface area contributed by atoms with Gasteiger partial charge >= 0.3 is 0 Å². The lowest BCUT2D eigenvalue weighted by Gasteiger charge is -2.39. The van der Waals surface area contributed by atoms with Crippen molar-refractivity contribution in [3.8, 4) is 11.5 Å². The minimum Gasteiger partial charge on any atom is -0.497 e. The molecule has 0 fully saturated rings. The minimum atomic E-state index is -1.46. The van der Waals surface area contributed by atoms with Gasteiger partial charge in [-0.15, -0.1) is 0 Å². The molecule has 0 aliphatic rings. The van der Waals surface area contributed by atoms with E-state index in [0.29, 0.717) is 22.6 Å². The first-order valence-electron chi connectivity index (χ1n) is 7.06. The fourth-order valence-electron chi connectivity index (χ4n) is 2.39. The van der Waals surface area contributed by atoms with Crippen LogP contribution < -0.4 is 9.47 Å². The molecule has 118 valence electrons. The molecule has 2 N–H and O–H groups in total. The Balaban J connectivity index is 2.39. The third-order valence-corrected chi connectivity index (χ3v) is 4.25. The first-order chi connectivity index (χ1) is 10.3. The first-order valence-corrected chi connectivity index (χ1v) is 7.06. The molecule has 0 saturated carbocycles. The molecule has 2 rings (SSSR count). The van der Waals surface area contributed by atoms with Crippen molar-refractivity contribution in [3.05, 3.63) is 59.7 Å². The number of benzene rings is 2. The number of hydrogen-bond acceptors (Lipinski definition) is 4. The van der Waals surface area contributed by atoms with Crippen molar-refractivity contribution in [2.24, 2.45) is 0 Å². The summed E-state index contributed by atoms with van der Waals surface area (Å²) >= 11 is 0. The standard InChI is InChI=1S/C18H22O4/c1-17(19,13-5-9-15(21-3)10-6-13)18(2,20)14-7-11-16(22-4)12-8-14/h5-12,19-20H,1-4H3/t17-,18-/m1/s1. The Labute approximate surface area is 130 Å². The SMILES string of the molecule is COc1ccc([C@@](C)(O)[C@](C)(O)c2ccc(OC)cc2)cc1. The molecule has 2 atom stereocenters. The summed E-state index contributed by atoms with van der Waals surface area (Å²) in [7, 11) is 3.17. The van der Waals surface area contributed by atoms with Crippen molar-refractivity contribution in [3.63, 3.8) is 0 Å². The number of rotatable bonds is 5. The maximum absolute atomic E-state index is 10.9. The van der Waals surface area contributed by atoms with Crippen LogP contribution in [-0.4, -0.2) is 24.4 Å². The fraction of sp³-hybridized carbons (Fsp3) is 0.333. The predicted molar refractivity (Wildman–Crippen MR) is 85.1 cm³/mol. The van der Waals surface area contributed by atoms with Gasteiger partial charge in [0, 0.05) is 0 Å². The number of hydrogen-bond donors (Lipinski definition) is 2. The van der Waals surface area contributed by atoms with Gasteiger partial charge in [-0.05, 0) is 49.2 Å². The summed E-state index contributed by atoms with van der Waals surface area (Å²) in [4.78, 5) is 0. The lowest BCUT2D eigenvalue weighted by molar-refractivity contribution is -0.143. The molecule has 0 amide bonds. The molecule has 0 saturated heterocycles. The van der Waals surface area contributed by atoms with Gasteiger partial charge in [-0.2, -0.15) is 0 Å². The molecule has 0 spiro atoms. The van der Waals surface area contributed by atoms with E-state index in [1.165, 1.54) is 0 Å². The van der Waals surface area contributed by atoms with Crippen LogP contribution in [0.5, 0.6) is 11.5 Å². The summed E-state index contributed by atoms with van der Waals surface area (Å²) in [6.45, 7) is 3.19. The monoisotopic (exact) mass is 302 g/mol. The normalized spacial score (nSPS) is 16.5. The van der Waals surface area contributed by atoms with E-state index >= 15 is 0 Å². The molecular weight excluding hydrogens is 280 g/mol. The van der Waals surface area contributed by atoms with Crippen LogP contribution in [0, 0.1) is 0 Å². The van der Waals surface area contributed by atoms with Crippen LogP contribution in [0.4, 0.5) is 0 Å². The van der Waals surface area contributed by atoms with Crippen LogP contribution in [0.25, 0.3) is 0 Å². The van der Waals surface area contributed by atoms with Gasteiger partial charge in [-0.1, -0.05) is 24.3 Å². The molecule has 22 heavy (non-hydrogen) atoms. The number of ether oxygens (including phenoxy) is 2. The van der Waals surface area contributed by atoms with Crippen LogP contribution in [0.1, 0.15) is 25.0 Å². The number of aliphatic hydroxyl groups is 2. The summed E-state index contributed by atoms with van der Waals surface area (Å²) in [5, 5.41) is 21.9. The molecular formula is C18H22O4. The highest BCUT2D eigenvalue weighted by Gasteiger charge is 2.44. The lowest BCUT2D eigenvalue weighted by Crippen LogP contribution is -2.45. The highest BCUT2D eigenvalue weighted by molar-refractivity contribution is 5.37. The molecule has 4 heteroatoms. The molecule has 0 radical (unpaired) electrons. The average Bonchev–Trinajstić information content (AvgIpc) is 2.54. The van der Waals surface area contributed by atoms with Crippen molar-refractivity contribution < 1.29 is 19.7 Å². The Morgan fingerprint density at radius 1 is 0.636 bits per heavy atom. The molecule has 0 bridgehead atoms. The van der Waals surface area contributed by atoms with Gasteiger partial charge in [-0.25, -0.2) is 0 Å². The van der Waals surface area contributed by atoms with E-state index < -0.39 is 11.2 Å². The molecule has 0 unspecified atom stereocenters. The lowest BCUT2D eigenvalue weighted by atomic mass is 9.76. The Kier molecular flexibility index (Phi) is 4.44. The Hall–Kier alpha value is -2.04. The Morgan fingerprint density at radius 2 is 0.909 bits per heavy atom. The van der Waals surface area contributed by atoms with Crippen molar-refractivity contribution >= 4 is 0 Å². The van der Waals surface area contributed by atoms with Gasteiger partial charge in [-0.3, -0.25) is 0 Å². The van der Waals surface area contributed by atoms with Crippen LogP contribution >= 0.6 is 0 Å². The molecule has 2 aromatic rings. The van der Waals surface area contributed by atoms with Crippen molar-refractivity contribution in [1.29, 1.82) is 0 Å². The highest BCUT2D eigenvalue weighted by Crippen LogP contribution is 2.40. The van der Waals surface area contributed by atoms with E-state index in [0.717, 1.165) is 0 Å². The van der Waals surface area contributed by atoms with Crippen LogP contribution in [-0.2, 0) is 11.2 Å². The van der Waals surface area contributed by atoms with Crippen molar-refractivity contribution in [2.45, 2.75) is 25.0 Å². The maximum atomic E-state index is 10.9. The van der Waals surface area contributed by atoms with Crippen LogP contribution in [0.15, 0.2) is 48.5 Å². The van der Waals surface area contributed by atoms with E-state index in [1.54, 1.807) is 76.6 Å². The fourth-order valence-corrected chi connectivity index (χ4v) is 2.39. The second kappa shape index (κ2) is 5.99. The maximum Gasteiger partial charge on any atom is 0.119 e. The summed E-state index contributed by atoms with van der Waals surface area (Å²) in [6, 6.07) is 14.0. The van der Waals surface area contributed by atoms with Crippen LogP contribution in [0.3, 0.4) is 0 Å². The second-order valence-corrected chi connectivity index (χ2v) is 5.60. The molecule has 4 nitrogen and oxygen atoms in total. The van der Waals surface area contributed by atoms with Gasteiger partial charge in [0.05, 0.1) is 14.2 Å². The smallest absolute Gasteiger partial charge is 0.119 e. The van der Waals surface area contributed by atoms with Gasteiger partial charge in [0.2, 0.25) is 0 Å². The van der Waals surface area contributed by atoms with E-state index in [4.69, 9.17) is 9.47 Å². The highest BCUT2D eigenvalue weighted by atomic mass is 16.5. The molecule has 0 heterocycles. The molecule has 0 aliphatic carbocycles. The van der Waals surface area contributed by atoms with E-state index in [9.17, 15) is 10.2 Å². The molecule has 0 aromatic heterocycles. The molecule has 0 aliphatic heterocycles. The van der Waals surface area contributed by atoms with E-state index in [2.05, 4.69) is 0 Å². The third-order valence-electron chi connectivity index (χ3n) is 4.25. The summed E-state index contributed by atoms with van der Waals surface area (Å²) in [5.74, 6) is 1.40. The topological polar surface area (TPSA) is 58.9 Å². The van der Waals surface area contributed by atoms with E-state index in [1.807, 2.05) is 0 Å². The number of methoxy groups -OCH3 is 2. The predicted octanol–water partition coefficient (Wildman–Crippen LogP) is 2.82. The quantitative estimate of drug-likeness (QED) is 0.891.